The zero-order chi connectivity index (χ0) is 23.8. The second-order valence-electron chi connectivity index (χ2n) is 8.60. The molecule has 4 rings (SSSR count). The fourth-order valence-electron chi connectivity index (χ4n) is 4.71. The smallest absolute Gasteiger partial charge is 0.187 e. The number of nitrogens with zero attached hydrogens (tertiary/aromatic N) is 2. The van der Waals surface area contributed by atoms with E-state index in [1.54, 1.807) is 32.2 Å². The molecule has 2 fully saturated rings. The van der Waals surface area contributed by atoms with Crippen LogP contribution < -0.4 is 14.4 Å². The van der Waals surface area contributed by atoms with Crippen molar-refractivity contribution in [1.29, 1.82) is 0 Å². The molecule has 2 aromatic rings. The minimum Gasteiger partial charge on any atom is -0.497 e. The standard InChI is InChI=1S/C23H30N2O6S2/c1-17-4-9-21(31-3)22(14-17)33(28,29)23-16-32(26,27)15-20(23)25-12-10-24(11-13-25)18-5-7-19(30-2)8-6-18/h4-9,14,20,23H,10-13,15-16H2,1-3H3/t20-,23-/m0/s1. The number of piperazine rings is 1. The van der Waals surface area contributed by atoms with E-state index in [1.807, 2.05) is 29.2 Å². The van der Waals surface area contributed by atoms with Crippen molar-refractivity contribution < 1.29 is 26.3 Å². The van der Waals surface area contributed by atoms with E-state index in [-0.39, 0.29) is 22.2 Å². The third-order valence-electron chi connectivity index (χ3n) is 6.52. The first-order valence-electron chi connectivity index (χ1n) is 10.9. The molecule has 33 heavy (non-hydrogen) atoms. The molecule has 0 aromatic heterocycles. The highest BCUT2D eigenvalue weighted by molar-refractivity contribution is 7.96. The van der Waals surface area contributed by atoms with Gasteiger partial charge in [0.05, 0.1) is 31.0 Å². The molecule has 0 aliphatic carbocycles. The molecule has 2 heterocycles. The molecular weight excluding hydrogens is 464 g/mol. The molecular formula is C23H30N2O6S2. The number of hydrogen-bond acceptors (Lipinski definition) is 8. The summed E-state index contributed by atoms with van der Waals surface area (Å²) >= 11 is 0. The van der Waals surface area contributed by atoms with Crippen LogP contribution in [0.1, 0.15) is 5.56 Å². The average molecular weight is 495 g/mol. The minimum absolute atomic E-state index is 0.0639. The van der Waals surface area contributed by atoms with Crippen molar-refractivity contribution in [2.24, 2.45) is 0 Å². The highest BCUT2D eigenvalue weighted by Crippen LogP contribution is 2.34. The van der Waals surface area contributed by atoms with E-state index in [9.17, 15) is 16.8 Å². The summed E-state index contributed by atoms with van der Waals surface area (Å²) in [6.45, 7) is 4.35. The Morgan fingerprint density at radius 3 is 2.18 bits per heavy atom. The van der Waals surface area contributed by atoms with Crippen molar-refractivity contribution >= 4 is 25.4 Å². The Kier molecular flexibility index (Phi) is 6.61. The molecule has 0 bridgehead atoms. The summed E-state index contributed by atoms with van der Waals surface area (Å²) < 4.78 is 63.0. The maximum atomic E-state index is 13.7. The van der Waals surface area contributed by atoms with Crippen LogP contribution in [0.3, 0.4) is 0 Å². The van der Waals surface area contributed by atoms with Crippen LogP contribution in [0.15, 0.2) is 47.4 Å². The van der Waals surface area contributed by atoms with Gasteiger partial charge in [0, 0.05) is 37.9 Å². The first-order valence-corrected chi connectivity index (χ1v) is 14.2. The Balaban J connectivity index is 1.56. The van der Waals surface area contributed by atoms with Crippen LogP contribution in [0.4, 0.5) is 5.69 Å². The van der Waals surface area contributed by atoms with E-state index >= 15 is 0 Å². The molecule has 2 aliphatic rings. The first-order chi connectivity index (χ1) is 15.6. The lowest BCUT2D eigenvalue weighted by atomic mass is 10.1. The molecule has 0 radical (unpaired) electrons. The molecule has 0 unspecified atom stereocenters. The summed E-state index contributed by atoms with van der Waals surface area (Å²) in [6, 6.07) is 12.2. The molecule has 0 amide bonds. The maximum Gasteiger partial charge on any atom is 0.187 e. The minimum atomic E-state index is -3.92. The van der Waals surface area contributed by atoms with Crippen molar-refractivity contribution in [2.45, 2.75) is 23.1 Å². The van der Waals surface area contributed by atoms with Gasteiger partial charge in [-0.05, 0) is 48.9 Å². The molecule has 2 aliphatic heterocycles. The number of ether oxygens (including phenoxy) is 2. The molecule has 0 N–H and O–H groups in total. The Bertz CT molecular complexity index is 1200. The molecule has 0 saturated carbocycles. The average Bonchev–Trinajstić information content (AvgIpc) is 3.15. The Labute approximate surface area is 195 Å². The van der Waals surface area contributed by atoms with E-state index in [1.165, 1.54) is 7.11 Å². The van der Waals surface area contributed by atoms with Crippen LogP contribution in [0, 0.1) is 6.92 Å². The van der Waals surface area contributed by atoms with Gasteiger partial charge in [-0.1, -0.05) is 6.07 Å². The second kappa shape index (κ2) is 9.15. The molecule has 180 valence electrons. The quantitative estimate of drug-likeness (QED) is 0.600. The number of methoxy groups -OCH3 is 2. The fourth-order valence-corrected chi connectivity index (χ4v) is 9.78. The lowest BCUT2D eigenvalue weighted by Gasteiger charge is -2.40. The number of sulfone groups is 2. The van der Waals surface area contributed by atoms with Gasteiger partial charge in [-0.25, -0.2) is 16.8 Å². The normalized spacial score (nSPS) is 23.4. The van der Waals surface area contributed by atoms with Crippen molar-refractivity contribution in [1.82, 2.24) is 4.90 Å². The van der Waals surface area contributed by atoms with Gasteiger partial charge in [-0.3, -0.25) is 4.90 Å². The predicted molar refractivity (Wildman–Crippen MR) is 128 cm³/mol. The van der Waals surface area contributed by atoms with Gasteiger partial charge in [0.25, 0.3) is 0 Å². The van der Waals surface area contributed by atoms with E-state index in [0.717, 1.165) is 17.0 Å². The number of anilines is 1. The third-order valence-corrected chi connectivity index (χ3v) is 10.7. The fraction of sp³-hybridized carbons (Fsp3) is 0.478. The van der Waals surface area contributed by atoms with Gasteiger partial charge < -0.3 is 14.4 Å². The van der Waals surface area contributed by atoms with Gasteiger partial charge >= 0.3 is 0 Å². The molecule has 2 aromatic carbocycles. The first kappa shape index (κ1) is 23.8. The van der Waals surface area contributed by atoms with Crippen LogP contribution in [-0.4, -0.2) is 84.9 Å². The van der Waals surface area contributed by atoms with E-state index in [2.05, 4.69) is 4.90 Å². The third kappa shape index (κ3) is 4.83. The van der Waals surface area contributed by atoms with Crippen LogP contribution in [0.2, 0.25) is 0 Å². The zero-order valence-corrected chi connectivity index (χ0v) is 20.7. The summed E-state index contributed by atoms with van der Waals surface area (Å²) in [5, 5.41) is -1.02. The summed E-state index contributed by atoms with van der Waals surface area (Å²) in [5.41, 5.74) is 1.84. The molecule has 0 spiro atoms. The highest BCUT2D eigenvalue weighted by atomic mass is 32.2. The Hall–Kier alpha value is -2.30. The molecule has 10 heteroatoms. The van der Waals surface area contributed by atoms with Crippen molar-refractivity contribution in [2.75, 3.05) is 56.8 Å². The summed E-state index contributed by atoms with van der Waals surface area (Å²) in [7, 11) is -4.35. The maximum absolute atomic E-state index is 13.7. The van der Waals surface area contributed by atoms with Crippen LogP contribution in [-0.2, 0) is 19.7 Å². The van der Waals surface area contributed by atoms with Crippen LogP contribution in [0.5, 0.6) is 11.5 Å². The second-order valence-corrected chi connectivity index (χ2v) is 12.9. The van der Waals surface area contributed by atoms with E-state index in [0.29, 0.717) is 26.2 Å². The lowest BCUT2D eigenvalue weighted by Crippen LogP contribution is -2.55. The number of benzene rings is 2. The van der Waals surface area contributed by atoms with E-state index in [4.69, 9.17) is 9.47 Å². The predicted octanol–water partition coefficient (Wildman–Crippen LogP) is 1.77. The van der Waals surface area contributed by atoms with Crippen molar-refractivity contribution in [3.63, 3.8) is 0 Å². The number of rotatable bonds is 6. The number of aryl methyl sites for hydroxylation is 1. The molecule has 2 atom stereocenters. The zero-order valence-electron chi connectivity index (χ0n) is 19.1. The molecule has 2 saturated heterocycles. The monoisotopic (exact) mass is 494 g/mol. The largest absolute Gasteiger partial charge is 0.497 e. The van der Waals surface area contributed by atoms with Gasteiger partial charge in [0.1, 0.15) is 16.4 Å². The summed E-state index contributed by atoms with van der Waals surface area (Å²) in [6.07, 6.45) is 0. The van der Waals surface area contributed by atoms with Crippen molar-refractivity contribution in [3.05, 3.63) is 48.0 Å². The number of hydrogen-bond donors (Lipinski definition) is 0. The van der Waals surface area contributed by atoms with Crippen LogP contribution in [0.25, 0.3) is 0 Å². The van der Waals surface area contributed by atoms with Crippen LogP contribution >= 0.6 is 0 Å². The molecule has 8 nitrogen and oxygen atoms in total. The van der Waals surface area contributed by atoms with Gasteiger partial charge in [0.15, 0.2) is 19.7 Å². The van der Waals surface area contributed by atoms with Gasteiger partial charge in [-0.15, -0.1) is 0 Å². The summed E-state index contributed by atoms with van der Waals surface area (Å²) in [5.74, 6) is 0.518. The Morgan fingerprint density at radius 1 is 0.909 bits per heavy atom. The van der Waals surface area contributed by atoms with Gasteiger partial charge in [-0.2, -0.15) is 0 Å². The van der Waals surface area contributed by atoms with Gasteiger partial charge in [0.2, 0.25) is 0 Å². The van der Waals surface area contributed by atoms with E-state index < -0.39 is 31.0 Å². The topological polar surface area (TPSA) is 93.2 Å². The SMILES string of the molecule is COc1ccc(N2CCN([C@H]3CS(=O)(=O)C[C@@H]3S(=O)(=O)c3cc(C)ccc3OC)CC2)cc1. The Morgan fingerprint density at radius 2 is 1.58 bits per heavy atom. The summed E-state index contributed by atoms with van der Waals surface area (Å²) in [4.78, 5) is 4.30. The van der Waals surface area contributed by atoms with Crippen molar-refractivity contribution in [3.8, 4) is 11.5 Å². The lowest BCUT2D eigenvalue weighted by molar-refractivity contribution is 0.201. The highest BCUT2D eigenvalue weighted by Gasteiger charge is 2.49.